The highest BCUT2D eigenvalue weighted by Gasteiger charge is 2.19. The number of methoxy groups -OCH3 is 1. The van der Waals surface area contributed by atoms with Crippen LogP contribution in [0.4, 0.5) is 11.4 Å². The molecule has 5 nitrogen and oxygen atoms in total. The van der Waals surface area contributed by atoms with Crippen LogP contribution in [0.2, 0.25) is 10.0 Å². The van der Waals surface area contributed by atoms with Gasteiger partial charge in [-0.25, -0.2) is 0 Å². The zero-order valence-corrected chi connectivity index (χ0v) is 19.9. The van der Waals surface area contributed by atoms with Crippen LogP contribution in [0.5, 0.6) is 5.75 Å². The quantitative estimate of drug-likeness (QED) is 0.343. The van der Waals surface area contributed by atoms with Gasteiger partial charge in [0.15, 0.2) is 0 Å². The van der Waals surface area contributed by atoms with E-state index in [1.807, 2.05) is 25.1 Å². The van der Waals surface area contributed by atoms with Gasteiger partial charge in [0.1, 0.15) is 5.75 Å². The molecule has 3 rings (SSSR count). The fraction of sp³-hybridized carbons (Fsp3) is 0.167. The van der Waals surface area contributed by atoms with Gasteiger partial charge in [-0.05, 0) is 61.0 Å². The summed E-state index contributed by atoms with van der Waals surface area (Å²) in [5, 5.41) is 6.28. The normalized spacial score (nSPS) is 11.5. The van der Waals surface area contributed by atoms with Gasteiger partial charge in [0, 0.05) is 21.2 Å². The summed E-state index contributed by atoms with van der Waals surface area (Å²) in [6.45, 7) is 1.94. The van der Waals surface area contributed by atoms with E-state index in [4.69, 9.17) is 27.9 Å². The van der Waals surface area contributed by atoms with Crippen LogP contribution in [-0.4, -0.2) is 24.2 Å². The number of carbonyl (C=O) groups excluding carboxylic acids is 2. The summed E-state index contributed by atoms with van der Waals surface area (Å²) in [6.07, 6.45) is 0.613. The largest absolute Gasteiger partial charge is 0.497 e. The van der Waals surface area contributed by atoms with Crippen molar-refractivity contribution in [1.82, 2.24) is 0 Å². The number of thioether (sulfide) groups is 1. The fourth-order valence-electron chi connectivity index (χ4n) is 2.91. The molecule has 166 valence electrons. The molecule has 3 aromatic rings. The lowest BCUT2D eigenvalue weighted by Gasteiger charge is -2.16. The third kappa shape index (κ3) is 6.42. The van der Waals surface area contributed by atoms with Crippen molar-refractivity contribution in [3.05, 3.63) is 82.3 Å². The van der Waals surface area contributed by atoms with E-state index in [2.05, 4.69) is 10.6 Å². The number of amides is 2. The molecule has 0 spiro atoms. The predicted octanol–water partition coefficient (Wildman–Crippen LogP) is 6.76. The number of benzene rings is 3. The molecule has 0 aromatic heterocycles. The first-order valence-electron chi connectivity index (χ1n) is 9.87. The number of carbonyl (C=O) groups is 2. The van der Waals surface area contributed by atoms with Crippen molar-refractivity contribution in [1.29, 1.82) is 0 Å². The Bertz CT molecular complexity index is 1120. The summed E-state index contributed by atoms with van der Waals surface area (Å²) in [5.41, 5.74) is 1.64. The van der Waals surface area contributed by atoms with Gasteiger partial charge in [0.2, 0.25) is 5.91 Å². The maximum atomic E-state index is 12.8. The van der Waals surface area contributed by atoms with Crippen LogP contribution in [0, 0.1) is 0 Å². The van der Waals surface area contributed by atoms with E-state index in [0.29, 0.717) is 39.2 Å². The van der Waals surface area contributed by atoms with Crippen molar-refractivity contribution in [2.45, 2.75) is 23.5 Å². The lowest BCUT2D eigenvalue weighted by molar-refractivity contribution is -0.115. The number of ether oxygens (including phenoxy) is 1. The van der Waals surface area contributed by atoms with E-state index >= 15 is 0 Å². The Balaban J connectivity index is 1.68. The lowest BCUT2D eigenvalue weighted by atomic mass is 10.2. The third-order valence-corrected chi connectivity index (χ3v) is 6.46. The van der Waals surface area contributed by atoms with E-state index in [1.54, 1.807) is 55.6 Å². The molecule has 0 aliphatic heterocycles. The van der Waals surface area contributed by atoms with E-state index in [9.17, 15) is 9.59 Å². The molecular formula is C24H22Cl2N2O3S. The molecule has 0 heterocycles. The third-order valence-electron chi connectivity index (χ3n) is 4.55. The molecule has 0 aliphatic carbocycles. The van der Waals surface area contributed by atoms with Gasteiger partial charge in [-0.1, -0.05) is 42.3 Å². The molecule has 1 unspecified atom stereocenters. The number of hydrogen-bond donors (Lipinski definition) is 2. The Labute approximate surface area is 201 Å². The topological polar surface area (TPSA) is 67.4 Å². The van der Waals surface area contributed by atoms with Crippen molar-refractivity contribution in [3.63, 3.8) is 0 Å². The first-order chi connectivity index (χ1) is 15.4. The van der Waals surface area contributed by atoms with Crippen LogP contribution < -0.4 is 15.4 Å². The monoisotopic (exact) mass is 488 g/mol. The maximum absolute atomic E-state index is 12.8. The second-order valence-corrected chi connectivity index (χ2v) is 8.96. The van der Waals surface area contributed by atoms with Crippen molar-refractivity contribution in [2.24, 2.45) is 0 Å². The van der Waals surface area contributed by atoms with E-state index in [-0.39, 0.29) is 17.1 Å². The summed E-state index contributed by atoms with van der Waals surface area (Å²) in [7, 11) is 1.55. The van der Waals surface area contributed by atoms with Gasteiger partial charge in [0.25, 0.3) is 5.91 Å². The van der Waals surface area contributed by atoms with Crippen LogP contribution >= 0.6 is 35.0 Å². The van der Waals surface area contributed by atoms with Gasteiger partial charge >= 0.3 is 0 Å². The van der Waals surface area contributed by atoms with Crippen LogP contribution in [0.25, 0.3) is 0 Å². The Kier molecular flexibility index (Phi) is 8.45. The van der Waals surface area contributed by atoms with E-state index in [1.165, 1.54) is 11.8 Å². The van der Waals surface area contributed by atoms with Crippen molar-refractivity contribution >= 4 is 58.2 Å². The predicted molar refractivity (Wildman–Crippen MR) is 132 cm³/mol. The Hall–Kier alpha value is -2.67. The lowest BCUT2D eigenvalue weighted by Crippen LogP contribution is -2.24. The summed E-state index contributed by atoms with van der Waals surface area (Å²) < 4.78 is 5.17. The van der Waals surface area contributed by atoms with Gasteiger partial charge in [0.05, 0.1) is 23.1 Å². The average molecular weight is 489 g/mol. The van der Waals surface area contributed by atoms with Crippen molar-refractivity contribution in [2.75, 3.05) is 17.7 Å². The maximum Gasteiger partial charge on any atom is 0.255 e. The minimum Gasteiger partial charge on any atom is -0.497 e. The van der Waals surface area contributed by atoms with Crippen LogP contribution in [0.15, 0.2) is 71.6 Å². The molecule has 0 radical (unpaired) electrons. The second kappa shape index (κ2) is 11.3. The zero-order chi connectivity index (χ0) is 23.1. The molecule has 2 N–H and O–H groups in total. The molecule has 3 aromatic carbocycles. The van der Waals surface area contributed by atoms with Crippen LogP contribution in [0.3, 0.4) is 0 Å². The Morgan fingerprint density at radius 2 is 1.78 bits per heavy atom. The van der Waals surface area contributed by atoms with E-state index < -0.39 is 0 Å². The summed E-state index contributed by atoms with van der Waals surface area (Å²) in [6, 6.07) is 19.2. The summed E-state index contributed by atoms with van der Waals surface area (Å²) in [4.78, 5) is 26.2. The number of halogens is 2. The van der Waals surface area contributed by atoms with Gasteiger partial charge in [-0.2, -0.15) is 0 Å². The minimum absolute atomic E-state index is 0.160. The summed E-state index contributed by atoms with van der Waals surface area (Å²) >= 11 is 13.5. The highest BCUT2D eigenvalue weighted by Crippen LogP contribution is 2.30. The van der Waals surface area contributed by atoms with Gasteiger partial charge in [-0.3, -0.25) is 9.59 Å². The highest BCUT2D eigenvalue weighted by molar-refractivity contribution is 8.00. The molecule has 1 atom stereocenters. The molecule has 0 saturated heterocycles. The molecule has 32 heavy (non-hydrogen) atoms. The van der Waals surface area contributed by atoms with Crippen LogP contribution in [0.1, 0.15) is 23.7 Å². The fourth-order valence-corrected chi connectivity index (χ4v) is 4.37. The molecule has 0 saturated carbocycles. The summed E-state index contributed by atoms with van der Waals surface area (Å²) in [5.74, 6) is 0.209. The van der Waals surface area contributed by atoms with Gasteiger partial charge < -0.3 is 15.4 Å². The van der Waals surface area contributed by atoms with Gasteiger partial charge in [-0.15, -0.1) is 11.8 Å². The highest BCUT2D eigenvalue weighted by atomic mass is 35.5. The molecule has 8 heteroatoms. The molecule has 0 fully saturated rings. The first-order valence-corrected chi connectivity index (χ1v) is 11.5. The minimum atomic E-state index is -0.342. The molecule has 0 aliphatic rings. The number of anilines is 2. The standard InChI is InChI=1S/C24H22Cl2N2O3S/c1-3-22(24(30)28-21-11-10-16(25)13-20(21)26)32-19-9-5-7-17(14-19)27-23(29)15-6-4-8-18(12-15)31-2/h4-14,22H,3H2,1-2H3,(H,27,29)(H,28,30). The number of hydrogen-bond acceptors (Lipinski definition) is 4. The van der Waals surface area contributed by atoms with E-state index in [0.717, 1.165) is 4.90 Å². The van der Waals surface area contributed by atoms with Crippen LogP contribution in [-0.2, 0) is 4.79 Å². The molecule has 2 amide bonds. The second-order valence-electron chi connectivity index (χ2n) is 6.84. The average Bonchev–Trinajstić information content (AvgIpc) is 2.79. The Morgan fingerprint density at radius 1 is 1.00 bits per heavy atom. The van der Waals surface area contributed by atoms with Crippen molar-refractivity contribution < 1.29 is 14.3 Å². The first kappa shape index (κ1) is 24.0. The zero-order valence-electron chi connectivity index (χ0n) is 17.5. The smallest absolute Gasteiger partial charge is 0.255 e. The Morgan fingerprint density at radius 3 is 2.50 bits per heavy atom. The number of rotatable bonds is 8. The molecular weight excluding hydrogens is 467 g/mol. The van der Waals surface area contributed by atoms with Crippen molar-refractivity contribution in [3.8, 4) is 5.75 Å². The molecule has 0 bridgehead atoms. The number of nitrogens with one attached hydrogen (secondary N) is 2. The SMILES string of the molecule is CCC(Sc1cccc(NC(=O)c2cccc(OC)c2)c1)C(=O)Nc1ccc(Cl)cc1Cl.